The number of benzene rings is 2. The van der Waals surface area contributed by atoms with Crippen molar-refractivity contribution in [3.8, 4) is 11.8 Å². The van der Waals surface area contributed by atoms with Crippen LogP contribution in [0.1, 0.15) is 38.3 Å². The molecule has 10 nitrogen and oxygen atoms in total. The first kappa shape index (κ1) is 28.3. The van der Waals surface area contributed by atoms with Gasteiger partial charge in [-0.3, -0.25) is 19.3 Å². The highest BCUT2D eigenvalue weighted by Gasteiger charge is 2.34. The number of nitrogens with zero attached hydrogens (tertiary/aromatic N) is 5. The zero-order chi connectivity index (χ0) is 30.8. The number of hydrogen-bond acceptors (Lipinski definition) is 7. The molecule has 0 saturated heterocycles. The number of nitrogens with one attached hydrogen (secondary N) is 4. The molecule has 0 spiro atoms. The molecule has 5 aromatic rings. The largest absolute Gasteiger partial charge is 0.416 e. The van der Waals surface area contributed by atoms with Crippen LogP contribution in [0.4, 0.5) is 34.6 Å². The Balaban J connectivity index is 1.25. The fraction of sp³-hybridized carbons (Fsp3) is 0.133. The van der Waals surface area contributed by atoms with E-state index in [0.717, 1.165) is 23.5 Å². The van der Waals surface area contributed by atoms with E-state index in [1.165, 1.54) is 29.5 Å². The highest BCUT2D eigenvalue weighted by atomic mass is 19.4. The minimum atomic E-state index is -4.68. The van der Waals surface area contributed by atoms with Crippen LogP contribution in [0.15, 0.2) is 72.4 Å². The van der Waals surface area contributed by atoms with Gasteiger partial charge in [0.15, 0.2) is 5.65 Å². The van der Waals surface area contributed by atoms with Gasteiger partial charge < -0.3 is 16.0 Å². The van der Waals surface area contributed by atoms with E-state index in [-0.39, 0.29) is 30.0 Å². The standard InChI is InChI=1S/C30H23F4N9O/c1-18-9-26(31)24(29(44)41-21-6-4-20(15-42-17-35-16-39-42)25(11-21)30(32,33)34)10-19(18)5-7-23-14-36-28-27(3-2-8-43(23)28)40-22-12-37-38-13-22/h2-4,6,8-14,16,40H,15,17H2,1H3,(H,35,39)(H,37,38)(H,41,44). The summed E-state index contributed by atoms with van der Waals surface area (Å²) in [4.78, 5) is 17.5. The van der Waals surface area contributed by atoms with Crippen LogP contribution in [0, 0.1) is 24.6 Å². The molecule has 1 amide bonds. The van der Waals surface area contributed by atoms with E-state index in [1.807, 2.05) is 12.1 Å². The summed E-state index contributed by atoms with van der Waals surface area (Å²) < 4.78 is 58.3. The number of hydrazone groups is 1. The number of halogens is 4. The van der Waals surface area contributed by atoms with E-state index in [2.05, 4.69) is 48.1 Å². The second-order valence-corrected chi connectivity index (χ2v) is 9.86. The maximum absolute atomic E-state index is 14.9. The number of rotatable bonds is 6. The van der Waals surface area contributed by atoms with Crippen molar-refractivity contribution >= 4 is 35.0 Å². The number of fused-ring (bicyclic) bond motifs is 1. The lowest BCUT2D eigenvalue weighted by Crippen LogP contribution is -2.23. The molecule has 222 valence electrons. The van der Waals surface area contributed by atoms with E-state index >= 15 is 0 Å². The number of pyridine rings is 1. The van der Waals surface area contributed by atoms with Gasteiger partial charge >= 0.3 is 6.18 Å². The lowest BCUT2D eigenvalue weighted by Gasteiger charge is -2.19. The molecule has 1 aliphatic heterocycles. The van der Waals surface area contributed by atoms with E-state index in [9.17, 15) is 22.4 Å². The van der Waals surface area contributed by atoms with Gasteiger partial charge in [0.05, 0.1) is 41.4 Å². The van der Waals surface area contributed by atoms with Crippen molar-refractivity contribution in [2.75, 3.05) is 17.3 Å². The average molecular weight is 602 g/mol. The fourth-order valence-corrected chi connectivity index (χ4v) is 4.65. The number of carbonyl (C=O) groups is 1. The summed E-state index contributed by atoms with van der Waals surface area (Å²) in [6.07, 6.45) is 3.42. The van der Waals surface area contributed by atoms with Crippen molar-refractivity contribution in [1.82, 2.24) is 29.9 Å². The van der Waals surface area contributed by atoms with Crippen LogP contribution < -0.4 is 16.0 Å². The van der Waals surface area contributed by atoms with Crippen molar-refractivity contribution in [3.05, 3.63) is 107 Å². The van der Waals surface area contributed by atoms with Crippen LogP contribution in [0.3, 0.4) is 0 Å². The zero-order valence-corrected chi connectivity index (χ0v) is 23.0. The van der Waals surface area contributed by atoms with E-state index in [4.69, 9.17) is 0 Å². The molecular formula is C30H23F4N9O. The van der Waals surface area contributed by atoms with Gasteiger partial charge in [0.25, 0.3) is 5.91 Å². The van der Waals surface area contributed by atoms with Crippen LogP contribution in [0.2, 0.25) is 0 Å². The van der Waals surface area contributed by atoms with E-state index < -0.39 is 23.5 Å². The molecule has 4 heterocycles. The minimum Gasteiger partial charge on any atom is -0.356 e. The highest BCUT2D eigenvalue weighted by Crippen LogP contribution is 2.35. The number of aryl methyl sites for hydroxylation is 1. The van der Waals surface area contributed by atoms with Gasteiger partial charge in [-0.1, -0.05) is 12.0 Å². The smallest absolute Gasteiger partial charge is 0.356 e. The summed E-state index contributed by atoms with van der Waals surface area (Å²) in [5, 5.41) is 20.4. The number of imidazole rings is 1. The minimum absolute atomic E-state index is 0.0211. The molecule has 0 aliphatic carbocycles. The Kier molecular flexibility index (Phi) is 7.36. The molecule has 0 unspecified atom stereocenters. The lowest BCUT2D eigenvalue weighted by atomic mass is 10.0. The molecule has 2 aromatic carbocycles. The van der Waals surface area contributed by atoms with Crippen molar-refractivity contribution in [2.45, 2.75) is 19.6 Å². The summed E-state index contributed by atoms with van der Waals surface area (Å²) in [6.45, 7) is 1.83. The molecule has 44 heavy (non-hydrogen) atoms. The summed E-state index contributed by atoms with van der Waals surface area (Å²) in [6, 6.07) is 9.54. The van der Waals surface area contributed by atoms with Crippen LogP contribution in [0.25, 0.3) is 5.65 Å². The summed E-state index contributed by atoms with van der Waals surface area (Å²) >= 11 is 0. The normalized spacial score (nSPS) is 12.6. The van der Waals surface area contributed by atoms with Crippen molar-refractivity contribution in [2.24, 2.45) is 5.10 Å². The van der Waals surface area contributed by atoms with Crippen molar-refractivity contribution in [1.29, 1.82) is 0 Å². The van der Waals surface area contributed by atoms with E-state index in [1.54, 1.807) is 36.1 Å². The molecule has 4 N–H and O–H groups in total. The van der Waals surface area contributed by atoms with Gasteiger partial charge in [0.1, 0.15) is 24.5 Å². The fourth-order valence-electron chi connectivity index (χ4n) is 4.65. The first-order valence-electron chi connectivity index (χ1n) is 13.2. The van der Waals surface area contributed by atoms with Gasteiger partial charge in [-0.05, 0) is 60.4 Å². The van der Waals surface area contributed by atoms with Gasteiger partial charge in [-0.15, -0.1) is 0 Å². The van der Waals surface area contributed by atoms with Crippen LogP contribution >= 0.6 is 0 Å². The summed E-state index contributed by atoms with van der Waals surface area (Å²) in [7, 11) is 0. The number of amides is 1. The van der Waals surface area contributed by atoms with Gasteiger partial charge in [0.2, 0.25) is 0 Å². The van der Waals surface area contributed by atoms with Gasteiger partial charge in [0, 0.05) is 23.6 Å². The number of aromatic nitrogens is 4. The SMILES string of the molecule is Cc1cc(F)c(C(=O)Nc2ccc(CN3CNC=N3)c(C(F)(F)F)c2)cc1C#Cc1cnc2c(Nc3cn[nH]c3)cccn12. The first-order valence-corrected chi connectivity index (χ1v) is 13.2. The van der Waals surface area contributed by atoms with Crippen molar-refractivity contribution in [3.63, 3.8) is 0 Å². The molecular weight excluding hydrogens is 578 g/mol. The third-order valence-corrected chi connectivity index (χ3v) is 6.81. The number of hydrogen-bond donors (Lipinski definition) is 4. The number of anilines is 3. The lowest BCUT2D eigenvalue weighted by molar-refractivity contribution is -0.138. The van der Waals surface area contributed by atoms with Crippen LogP contribution in [0.5, 0.6) is 0 Å². The monoisotopic (exact) mass is 601 g/mol. The Bertz CT molecular complexity index is 1950. The molecule has 0 saturated carbocycles. The predicted octanol–water partition coefficient (Wildman–Crippen LogP) is 5.23. The molecule has 0 fully saturated rings. The first-order chi connectivity index (χ1) is 21.2. The quantitative estimate of drug-likeness (QED) is 0.157. The summed E-state index contributed by atoms with van der Waals surface area (Å²) in [5.74, 6) is 4.24. The zero-order valence-electron chi connectivity index (χ0n) is 23.0. The number of carbonyl (C=O) groups excluding carboxylic acids is 1. The molecule has 0 atom stereocenters. The molecule has 3 aromatic heterocycles. The molecule has 6 rings (SSSR count). The number of H-pyrrole nitrogens is 1. The molecule has 14 heteroatoms. The second-order valence-electron chi connectivity index (χ2n) is 9.86. The molecule has 1 aliphatic rings. The molecule has 0 bridgehead atoms. The predicted molar refractivity (Wildman–Crippen MR) is 156 cm³/mol. The average Bonchev–Trinajstić information content (AvgIpc) is 3.76. The Hall–Kier alpha value is -5.84. The Morgan fingerprint density at radius 2 is 1.98 bits per heavy atom. The maximum Gasteiger partial charge on any atom is 0.416 e. The van der Waals surface area contributed by atoms with E-state index in [0.29, 0.717) is 22.5 Å². The van der Waals surface area contributed by atoms with Gasteiger partial charge in [-0.2, -0.15) is 23.4 Å². The third kappa shape index (κ3) is 5.88. The second kappa shape index (κ2) is 11.4. The Morgan fingerprint density at radius 3 is 2.73 bits per heavy atom. The third-order valence-electron chi connectivity index (χ3n) is 6.81. The van der Waals surface area contributed by atoms with Crippen LogP contribution in [-0.4, -0.2) is 43.5 Å². The topological polar surface area (TPSA) is 115 Å². The number of aromatic amines is 1. The van der Waals surface area contributed by atoms with Crippen molar-refractivity contribution < 1.29 is 22.4 Å². The maximum atomic E-state index is 14.9. The Labute approximate surface area is 247 Å². The number of alkyl halides is 3. The Morgan fingerprint density at radius 1 is 1.11 bits per heavy atom. The summed E-state index contributed by atoms with van der Waals surface area (Å²) in [5.41, 5.74) is 2.03. The van der Waals surface area contributed by atoms with Gasteiger partial charge in [-0.25, -0.2) is 9.37 Å². The van der Waals surface area contributed by atoms with Crippen LogP contribution in [-0.2, 0) is 12.7 Å². The highest BCUT2D eigenvalue weighted by molar-refractivity contribution is 6.04. The molecule has 0 radical (unpaired) electrons.